The molecular weight excluding hydrogens is 256 g/mol. The maximum Gasteiger partial charge on any atom is 0.309 e. The number of esters is 1. The van der Waals surface area contributed by atoms with E-state index >= 15 is 0 Å². The first-order chi connectivity index (χ1) is 9.62. The molecule has 1 atom stereocenters. The van der Waals surface area contributed by atoms with Crippen molar-refractivity contribution in [2.45, 2.75) is 25.2 Å². The van der Waals surface area contributed by atoms with Gasteiger partial charge in [-0.05, 0) is 36.1 Å². The number of ketones is 1. The summed E-state index contributed by atoms with van der Waals surface area (Å²) in [4.78, 5) is 23.1. The number of ether oxygens (including phenoxy) is 2. The second-order valence-electron chi connectivity index (χ2n) is 4.90. The van der Waals surface area contributed by atoms with Crippen LogP contribution in [0.1, 0.15) is 30.7 Å². The summed E-state index contributed by atoms with van der Waals surface area (Å²) in [5.74, 6) is 0.676. The van der Waals surface area contributed by atoms with Crippen molar-refractivity contribution >= 4 is 11.8 Å². The molecule has 0 fully saturated rings. The highest BCUT2D eigenvalue weighted by molar-refractivity contribution is 5.93. The first-order valence-electron chi connectivity index (χ1n) is 6.55. The van der Waals surface area contributed by atoms with Gasteiger partial charge in [-0.3, -0.25) is 9.59 Å². The number of hydrogen-bond acceptors (Lipinski definition) is 4. The van der Waals surface area contributed by atoms with Crippen LogP contribution in [0.2, 0.25) is 0 Å². The lowest BCUT2D eigenvalue weighted by Crippen LogP contribution is -2.15. The Hall–Kier alpha value is -2.10. The molecule has 0 aromatic heterocycles. The van der Waals surface area contributed by atoms with Crippen molar-refractivity contribution in [3.05, 3.63) is 41.5 Å². The Morgan fingerprint density at radius 2 is 1.90 bits per heavy atom. The van der Waals surface area contributed by atoms with Gasteiger partial charge in [0, 0.05) is 6.42 Å². The average Bonchev–Trinajstić information content (AvgIpc) is 2.46. The summed E-state index contributed by atoms with van der Waals surface area (Å²) in [7, 11) is 2.98. The van der Waals surface area contributed by atoms with Crippen LogP contribution in [0.15, 0.2) is 35.9 Å². The maximum absolute atomic E-state index is 11.8. The molecular formula is C16H18O4. The Kier molecular flexibility index (Phi) is 4.56. The van der Waals surface area contributed by atoms with E-state index in [0.717, 1.165) is 16.9 Å². The van der Waals surface area contributed by atoms with Crippen molar-refractivity contribution in [2.24, 2.45) is 0 Å². The van der Waals surface area contributed by atoms with E-state index in [9.17, 15) is 9.59 Å². The number of allylic oxidation sites excluding steroid dienone is 1. The van der Waals surface area contributed by atoms with Gasteiger partial charge in [0.1, 0.15) is 5.75 Å². The fourth-order valence-corrected chi connectivity index (χ4v) is 2.47. The van der Waals surface area contributed by atoms with Crippen LogP contribution in [0, 0.1) is 0 Å². The fourth-order valence-electron chi connectivity index (χ4n) is 2.47. The first-order valence-corrected chi connectivity index (χ1v) is 6.55. The largest absolute Gasteiger partial charge is 0.497 e. The number of carbonyl (C=O) groups is 2. The van der Waals surface area contributed by atoms with E-state index in [1.165, 1.54) is 7.11 Å². The lowest BCUT2D eigenvalue weighted by atomic mass is 9.82. The van der Waals surface area contributed by atoms with Gasteiger partial charge in [-0.15, -0.1) is 0 Å². The van der Waals surface area contributed by atoms with Crippen LogP contribution in [0.4, 0.5) is 0 Å². The number of hydrogen-bond donors (Lipinski definition) is 0. The van der Waals surface area contributed by atoms with Crippen LogP contribution in [-0.2, 0) is 14.3 Å². The Morgan fingerprint density at radius 1 is 1.20 bits per heavy atom. The summed E-state index contributed by atoms with van der Waals surface area (Å²) < 4.78 is 9.78. The molecule has 2 rings (SSSR count). The molecule has 1 aromatic carbocycles. The van der Waals surface area contributed by atoms with Gasteiger partial charge in [0.05, 0.1) is 20.6 Å². The topological polar surface area (TPSA) is 52.6 Å². The SMILES string of the molecule is COC(=O)CC1=CC(=O)CC(c2ccc(OC)cc2)C1. The predicted molar refractivity (Wildman–Crippen MR) is 74.7 cm³/mol. The quantitative estimate of drug-likeness (QED) is 0.792. The summed E-state index contributed by atoms with van der Waals surface area (Å²) in [6, 6.07) is 7.71. The smallest absolute Gasteiger partial charge is 0.309 e. The van der Waals surface area contributed by atoms with Crippen LogP contribution in [0.25, 0.3) is 0 Å². The lowest BCUT2D eigenvalue weighted by molar-refractivity contribution is -0.139. The Bertz CT molecular complexity index is 528. The van der Waals surface area contributed by atoms with Gasteiger partial charge in [-0.1, -0.05) is 17.7 Å². The molecule has 4 heteroatoms. The van der Waals surface area contributed by atoms with E-state index in [2.05, 4.69) is 4.74 Å². The van der Waals surface area contributed by atoms with Crippen molar-refractivity contribution < 1.29 is 19.1 Å². The predicted octanol–water partition coefficient (Wildman–Crippen LogP) is 2.63. The van der Waals surface area contributed by atoms with Crippen LogP contribution in [0.5, 0.6) is 5.75 Å². The summed E-state index contributed by atoms with van der Waals surface area (Å²) in [6.45, 7) is 0. The highest BCUT2D eigenvalue weighted by Gasteiger charge is 2.23. The normalized spacial score (nSPS) is 18.4. The molecule has 1 aliphatic carbocycles. The molecule has 1 unspecified atom stereocenters. The molecule has 0 bridgehead atoms. The second kappa shape index (κ2) is 6.37. The third kappa shape index (κ3) is 3.47. The van der Waals surface area contributed by atoms with Gasteiger partial charge >= 0.3 is 5.97 Å². The van der Waals surface area contributed by atoms with Crippen molar-refractivity contribution in [2.75, 3.05) is 14.2 Å². The molecule has 0 radical (unpaired) electrons. The lowest BCUT2D eigenvalue weighted by Gasteiger charge is -2.22. The number of carbonyl (C=O) groups excluding carboxylic acids is 2. The number of rotatable bonds is 4. The molecule has 0 heterocycles. The van der Waals surface area contributed by atoms with Crippen molar-refractivity contribution in [1.29, 1.82) is 0 Å². The molecule has 1 aromatic rings. The van der Waals surface area contributed by atoms with Gasteiger partial charge in [-0.2, -0.15) is 0 Å². The van der Waals surface area contributed by atoms with Gasteiger partial charge < -0.3 is 9.47 Å². The zero-order valence-electron chi connectivity index (χ0n) is 11.7. The van der Waals surface area contributed by atoms with E-state index in [1.807, 2.05) is 24.3 Å². The minimum absolute atomic E-state index is 0.0657. The molecule has 4 nitrogen and oxygen atoms in total. The maximum atomic E-state index is 11.8. The zero-order valence-corrected chi connectivity index (χ0v) is 11.7. The standard InChI is InChI=1S/C16H18O4/c1-19-15-5-3-12(4-6-15)13-7-11(8-14(17)10-13)9-16(18)20-2/h3-6,8,13H,7,9-10H2,1-2H3. The molecule has 0 N–H and O–H groups in total. The van der Waals surface area contributed by atoms with E-state index in [1.54, 1.807) is 13.2 Å². The van der Waals surface area contributed by atoms with Gasteiger partial charge in [-0.25, -0.2) is 0 Å². The highest BCUT2D eigenvalue weighted by atomic mass is 16.5. The minimum Gasteiger partial charge on any atom is -0.497 e. The molecule has 20 heavy (non-hydrogen) atoms. The molecule has 0 amide bonds. The third-order valence-electron chi connectivity index (χ3n) is 3.51. The van der Waals surface area contributed by atoms with Crippen molar-refractivity contribution in [3.8, 4) is 5.75 Å². The monoisotopic (exact) mass is 274 g/mol. The molecule has 0 saturated heterocycles. The molecule has 0 aliphatic heterocycles. The van der Waals surface area contributed by atoms with Gasteiger partial charge in [0.25, 0.3) is 0 Å². The van der Waals surface area contributed by atoms with Crippen LogP contribution in [-0.4, -0.2) is 26.0 Å². The van der Waals surface area contributed by atoms with Crippen molar-refractivity contribution in [3.63, 3.8) is 0 Å². The van der Waals surface area contributed by atoms with Crippen molar-refractivity contribution in [1.82, 2.24) is 0 Å². The summed E-state index contributed by atoms with van der Waals surface area (Å²) in [5, 5.41) is 0. The van der Waals surface area contributed by atoms with Gasteiger partial charge in [0.2, 0.25) is 0 Å². The highest BCUT2D eigenvalue weighted by Crippen LogP contribution is 2.33. The Balaban J connectivity index is 2.11. The number of methoxy groups -OCH3 is 2. The van der Waals surface area contributed by atoms with E-state index in [-0.39, 0.29) is 24.1 Å². The third-order valence-corrected chi connectivity index (χ3v) is 3.51. The second-order valence-corrected chi connectivity index (χ2v) is 4.90. The first kappa shape index (κ1) is 14.3. The fraction of sp³-hybridized carbons (Fsp3) is 0.375. The summed E-state index contributed by atoms with van der Waals surface area (Å²) >= 11 is 0. The molecule has 0 spiro atoms. The molecule has 1 aliphatic rings. The Morgan fingerprint density at radius 3 is 2.50 bits per heavy atom. The Labute approximate surface area is 118 Å². The summed E-state index contributed by atoms with van der Waals surface area (Å²) in [5.41, 5.74) is 1.93. The van der Waals surface area contributed by atoms with Crippen LogP contribution in [0.3, 0.4) is 0 Å². The molecule has 106 valence electrons. The average molecular weight is 274 g/mol. The van der Waals surface area contributed by atoms with E-state index < -0.39 is 0 Å². The zero-order chi connectivity index (χ0) is 14.5. The van der Waals surface area contributed by atoms with E-state index in [4.69, 9.17) is 4.74 Å². The van der Waals surface area contributed by atoms with Crippen LogP contribution >= 0.6 is 0 Å². The molecule has 0 saturated carbocycles. The van der Waals surface area contributed by atoms with Gasteiger partial charge in [0.15, 0.2) is 5.78 Å². The van der Waals surface area contributed by atoms with E-state index in [0.29, 0.717) is 12.8 Å². The minimum atomic E-state index is -0.306. The van der Waals surface area contributed by atoms with Crippen LogP contribution < -0.4 is 4.74 Å². The summed E-state index contributed by atoms with van der Waals surface area (Å²) in [6.07, 6.45) is 2.97. The number of benzene rings is 1.